The maximum atomic E-state index is 5.22. The second-order valence-corrected chi connectivity index (χ2v) is 5.30. The van der Waals surface area contributed by atoms with Gasteiger partial charge in [-0.2, -0.15) is 0 Å². The van der Waals surface area contributed by atoms with E-state index in [1.807, 2.05) is 18.2 Å². The van der Waals surface area contributed by atoms with Crippen molar-refractivity contribution in [3.8, 4) is 10.7 Å². The first-order valence-electron chi connectivity index (χ1n) is 6.44. The Labute approximate surface area is 117 Å². The van der Waals surface area contributed by atoms with Gasteiger partial charge >= 0.3 is 0 Å². The van der Waals surface area contributed by atoms with Crippen molar-refractivity contribution in [1.82, 2.24) is 15.3 Å². The lowest BCUT2D eigenvalue weighted by molar-refractivity contribution is 0.181. The van der Waals surface area contributed by atoms with E-state index in [0.29, 0.717) is 6.61 Å². The fourth-order valence-electron chi connectivity index (χ4n) is 1.75. The van der Waals surface area contributed by atoms with E-state index in [1.165, 1.54) is 4.88 Å². The Morgan fingerprint density at radius 3 is 2.95 bits per heavy atom. The molecule has 19 heavy (non-hydrogen) atoms. The standard InChI is InChI=1S/C14H19N3OS/c1-3-7-15-9-13-12(10-18-2)17-14(19-13)11-6-4-5-8-16-11/h4-6,8,15H,3,7,9-10H2,1-2H3. The van der Waals surface area contributed by atoms with Crippen molar-refractivity contribution in [1.29, 1.82) is 0 Å². The number of pyridine rings is 1. The third kappa shape index (κ3) is 3.83. The maximum absolute atomic E-state index is 5.22. The predicted molar refractivity (Wildman–Crippen MR) is 78.1 cm³/mol. The number of methoxy groups -OCH3 is 1. The summed E-state index contributed by atoms with van der Waals surface area (Å²) >= 11 is 1.69. The van der Waals surface area contributed by atoms with E-state index in [-0.39, 0.29) is 0 Å². The number of nitrogens with zero attached hydrogens (tertiary/aromatic N) is 2. The van der Waals surface area contributed by atoms with Gasteiger partial charge in [0.2, 0.25) is 0 Å². The van der Waals surface area contributed by atoms with Crippen LogP contribution in [-0.4, -0.2) is 23.6 Å². The molecule has 0 spiro atoms. The Morgan fingerprint density at radius 1 is 1.37 bits per heavy atom. The first kappa shape index (κ1) is 14.1. The van der Waals surface area contributed by atoms with Crippen LogP contribution in [0.2, 0.25) is 0 Å². The molecule has 0 saturated heterocycles. The fourth-order valence-corrected chi connectivity index (χ4v) is 2.76. The lowest BCUT2D eigenvalue weighted by Gasteiger charge is -2.02. The van der Waals surface area contributed by atoms with Crippen LogP contribution in [0.1, 0.15) is 23.9 Å². The monoisotopic (exact) mass is 277 g/mol. The topological polar surface area (TPSA) is 47.0 Å². The number of aromatic nitrogens is 2. The molecule has 2 rings (SSSR count). The van der Waals surface area contributed by atoms with E-state index in [1.54, 1.807) is 24.6 Å². The first-order valence-corrected chi connectivity index (χ1v) is 7.26. The normalized spacial score (nSPS) is 10.8. The second-order valence-electron chi connectivity index (χ2n) is 4.21. The van der Waals surface area contributed by atoms with Crippen LogP contribution < -0.4 is 5.32 Å². The van der Waals surface area contributed by atoms with Gasteiger partial charge < -0.3 is 10.1 Å². The lowest BCUT2D eigenvalue weighted by atomic mass is 10.3. The largest absolute Gasteiger partial charge is 0.378 e. The minimum atomic E-state index is 0.548. The van der Waals surface area contributed by atoms with Gasteiger partial charge in [-0.25, -0.2) is 4.98 Å². The van der Waals surface area contributed by atoms with Gasteiger partial charge in [0.1, 0.15) is 5.01 Å². The molecule has 2 aromatic heterocycles. The number of rotatable bonds is 7. The summed E-state index contributed by atoms with van der Waals surface area (Å²) in [6.45, 7) is 4.57. The van der Waals surface area contributed by atoms with Crippen LogP contribution >= 0.6 is 11.3 Å². The van der Waals surface area contributed by atoms with Gasteiger partial charge in [-0.15, -0.1) is 11.3 Å². The van der Waals surface area contributed by atoms with Crippen molar-refractivity contribution >= 4 is 11.3 Å². The minimum Gasteiger partial charge on any atom is -0.378 e. The van der Waals surface area contributed by atoms with Gasteiger partial charge in [-0.1, -0.05) is 13.0 Å². The highest BCUT2D eigenvalue weighted by Crippen LogP contribution is 2.27. The fraction of sp³-hybridized carbons (Fsp3) is 0.429. The molecule has 0 fully saturated rings. The highest BCUT2D eigenvalue weighted by atomic mass is 32.1. The van der Waals surface area contributed by atoms with Gasteiger partial charge in [-0.3, -0.25) is 4.98 Å². The maximum Gasteiger partial charge on any atom is 0.142 e. The Morgan fingerprint density at radius 2 is 2.26 bits per heavy atom. The average Bonchev–Trinajstić information content (AvgIpc) is 2.84. The first-order chi connectivity index (χ1) is 9.35. The van der Waals surface area contributed by atoms with Crippen LogP contribution in [0.4, 0.5) is 0 Å². The van der Waals surface area contributed by atoms with E-state index in [4.69, 9.17) is 4.74 Å². The number of thiazole rings is 1. The molecule has 102 valence electrons. The van der Waals surface area contributed by atoms with Crippen LogP contribution in [0.3, 0.4) is 0 Å². The van der Waals surface area contributed by atoms with Crippen LogP contribution in [0.15, 0.2) is 24.4 Å². The van der Waals surface area contributed by atoms with Gasteiger partial charge in [0.15, 0.2) is 0 Å². The molecule has 0 aromatic carbocycles. The Hall–Kier alpha value is -1.30. The molecule has 1 N–H and O–H groups in total. The van der Waals surface area contributed by atoms with Crippen molar-refractivity contribution in [2.75, 3.05) is 13.7 Å². The zero-order valence-corrected chi connectivity index (χ0v) is 12.2. The molecule has 5 heteroatoms. The summed E-state index contributed by atoms with van der Waals surface area (Å²) in [4.78, 5) is 10.2. The zero-order chi connectivity index (χ0) is 13.5. The predicted octanol–water partition coefficient (Wildman–Crippen LogP) is 2.85. The number of nitrogens with one attached hydrogen (secondary N) is 1. The molecule has 2 heterocycles. The quantitative estimate of drug-likeness (QED) is 0.791. The van der Waals surface area contributed by atoms with Gasteiger partial charge in [0.05, 0.1) is 18.0 Å². The third-order valence-electron chi connectivity index (χ3n) is 2.66. The van der Waals surface area contributed by atoms with Crippen molar-refractivity contribution < 1.29 is 4.74 Å². The van der Waals surface area contributed by atoms with Crippen LogP contribution in [0.5, 0.6) is 0 Å². The summed E-state index contributed by atoms with van der Waals surface area (Å²) < 4.78 is 5.22. The Balaban J connectivity index is 2.19. The van der Waals surface area contributed by atoms with Crippen molar-refractivity contribution in [2.24, 2.45) is 0 Å². The van der Waals surface area contributed by atoms with E-state index in [2.05, 4.69) is 22.2 Å². The highest BCUT2D eigenvalue weighted by Gasteiger charge is 2.12. The SMILES string of the molecule is CCCNCc1sc(-c2ccccn2)nc1COC. The molecule has 0 bridgehead atoms. The molecule has 0 radical (unpaired) electrons. The Kier molecular flexibility index (Phi) is 5.44. The molecule has 0 aliphatic carbocycles. The summed E-state index contributed by atoms with van der Waals surface area (Å²) in [5, 5.41) is 4.37. The van der Waals surface area contributed by atoms with E-state index < -0.39 is 0 Å². The molecular weight excluding hydrogens is 258 g/mol. The molecule has 0 atom stereocenters. The third-order valence-corrected chi connectivity index (χ3v) is 3.78. The Bertz CT molecular complexity index is 499. The summed E-state index contributed by atoms with van der Waals surface area (Å²) in [5.74, 6) is 0. The zero-order valence-electron chi connectivity index (χ0n) is 11.3. The van der Waals surface area contributed by atoms with Gasteiger partial charge in [0, 0.05) is 24.7 Å². The highest BCUT2D eigenvalue weighted by molar-refractivity contribution is 7.15. The smallest absolute Gasteiger partial charge is 0.142 e. The molecule has 4 nitrogen and oxygen atoms in total. The molecule has 0 unspecified atom stereocenters. The number of hydrogen-bond donors (Lipinski definition) is 1. The molecule has 0 aliphatic rings. The second kappa shape index (κ2) is 7.33. The summed E-state index contributed by atoms with van der Waals surface area (Å²) in [6.07, 6.45) is 2.92. The van der Waals surface area contributed by atoms with E-state index in [0.717, 1.165) is 35.9 Å². The van der Waals surface area contributed by atoms with Gasteiger partial charge in [0.25, 0.3) is 0 Å². The van der Waals surface area contributed by atoms with Crippen LogP contribution in [0, 0.1) is 0 Å². The summed E-state index contributed by atoms with van der Waals surface area (Å²) in [6, 6.07) is 5.88. The number of hydrogen-bond acceptors (Lipinski definition) is 5. The van der Waals surface area contributed by atoms with Crippen LogP contribution in [-0.2, 0) is 17.9 Å². The molecule has 0 aliphatic heterocycles. The number of ether oxygens (including phenoxy) is 1. The van der Waals surface area contributed by atoms with E-state index in [9.17, 15) is 0 Å². The van der Waals surface area contributed by atoms with Crippen molar-refractivity contribution in [2.45, 2.75) is 26.5 Å². The van der Waals surface area contributed by atoms with Crippen molar-refractivity contribution in [3.63, 3.8) is 0 Å². The van der Waals surface area contributed by atoms with Gasteiger partial charge in [-0.05, 0) is 25.1 Å². The molecule has 0 amide bonds. The molecule has 2 aromatic rings. The van der Waals surface area contributed by atoms with Crippen LogP contribution in [0.25, 0.3) is 10.7 Å². The average molecular weight is 277 g/mol. The molecular formula is C14H19N3OS. The summed E-state index contributed by atoms with van der Waals surface area (Å²) in [7, 11) is 1.70. The van der Waals surface area contributed by atoms with Crippen molar-refractivity contribution in [3.05, 3.63) is 35.0 Å². The summed E-state index contributed by atoms with van der Waals surface area (Å²) in [5.41, 5.74) is 1.93. The minimum absolute atomic E-state index is 0.548. The molecule has 0 saturated carbocycles. The lowest BCUT2D eigenvalue weighted by Crippen LogP contribution is -2.14. The van der Waals surface area contributed by atoms with E-state index >= 15 is 0 Å².